The van der Waals surface area contributed by atoms with E-state index >= 15 is 4.79 Å². The summed E-state index contributed by atoms with van der Waals surface area (Å²) in [7, 11) is 2.08. The van der Waals surface area contributed by atoms with Gasteiger partial charge in [-0.25, -0.2) is 0 Å². The number of carbonyl (C=O) groups excluding carboxylic acids is 3. The van der Waals surface area contributed by atoms with Crippen LogP contribution in [0.25, 0.3) is 0 Å². The lowest BCUT2D eigenvalue weighted by atomic mass is 9.85. The summed E-state index contributed by atoms with van der Waals surface area (Å²) in [4.78, 5) is 54.3. The van der Waals surface area contributed by atoms with Crippen LogP contribution in [0.3, 0.4) is 0 Å². The van der Waals surface area contributed by atoms with Gasteiger partial charge in [-0.05, 0) is 96.4 Å². The van der Waals surface area contributed by atoms with Crippen LogP contribution in [0, 0.1) is 11.8 Å². The topological polar surface area (TPSA) is 76.6 Å². The van der Waals surface area contributed by atoms with Gasteiger partial charge in [0.25, 0.3) is 5.91 Å². The average molecular weight is 670 g/mol. The zero-order chi connectivity index (χ0) is 33.5. The molecule has 4 aliphatic heterocycles. The molecule has 0 aromatic heterocycles. The van der Waals surface area contributed by atoms with Crippen molar-refractivity contribution in [2.24, 2.45) is 11.8 Å². The van der Waals surface area contributed by atoms with Crippen LogP contribution in [0.15, 0.2) is 24.3 Å². The van der Waals surface area contributed by atoms with Crippen LogP contribution in [0.1, 0.15) is 84.1 Å². The Bertz CT molecular complexity index is 1260. The molecule has 5 atom stereocenters. The van der Waals surface area contributed by atoms with Gasteiger partial charge in [-0.2, -0.15) is 0 Å². The number of rotatable bonds is 6. The van der Waals surface area contributed by atoms with Gasteiger partial charge >= 0.3 is 0 Å². The molecular formula is C37H56ClN5O4. The molecular weight excluding hydrogens is 614 g/mol. The summed E-state index contributed by atoms with van der Waals surface area (Å²) in [6.45, 7) is 14.3. The Hall–Kier alpha value is -2.20. The highest BCUT2D eigenvalue weighted by Crippen LogP contribution is 2.40. The maximum Gasteiger partial charge on any atom is 0.252 e. The zero-order valence-corrected chi connectivity index (χ0v) is 30.0. The predicted molar refractivity (Wildman–Crippen MR) is 184 cm³/mol. The summed E-state index contributed by atoms with van der Waals surface area (Å²) in [6.07, 6.45) is 5.80. The molecule has 260 valence electrons. The fourth-order valence-corrected chi connectivity index (χ4v) is 8.84. The van der Waals surface area contributed by atoms with Crippen molar-refractivity contribution in [2.45, 2.75) is 108 Å². The minimum absolute atomic E-state index is 0.0121. The fraction of sp³-hybridized carbons (Fsp3) is 0.757. The van der Waals surface area contributed by atoms with Crippen LogP contribution in [-0.4, -0.2) is 131 Å². The predicted octanol–water partition coefficient (Wildman–Crippen LogP) is 4.48. The fourth-order valence-electron chi connectivity index (χ4n) is 8.71. The van der Waals surface area contributed by atoms with Crippen LogP contribution < -0.4 is 0 Å². The molecule has 1 aromatic rings. The van der Waals surface area contributed by atoms with E-state index in [1.54, 1.807) is 0 Å². The van der Waals surface area contributed by atoms with E-state index in [4.69, 9.17) is 16.3 Å². The number of halogens is 1. The second kappa shape index (κ2) is 14.3. The average Bonchev–Trinajstić information content (AvgIpc) is 3.83. The molecule has 1 aliphatic carbocycles. The van der Waals surface area contributed by atoms with E-state index in [-0.39, 0.29) is 47.2 Å². The summed E-state index contributed by atoms with van der Waals surface area (Å²) in [6, 6.07) is 7.24. The van der Waals surface area contributed by atoms with Gasteiger partial charge in [-0.1, -0.05) is 30.7 Å². The van der Waals surface area contributed by atoms with Crippen LogP contribution in [0.5, 0.6) is 0 Å². The Morgan fingerprint density at radius 3 is 2.17 bits per heavy atom. The number of nitrogens with zero attached hydrogens (tertiary/aromatic N) is 5. The lowest BCUT2D eigenvalue weighted by Crippen LogP contribution is -2.54. The summed E-state index contributed by atoms with van der Waals surface area (Å²) >= 11 is 6.28. The van der Waals surface area contributed by atoms with E-state index in [9.17, 15) is 9.59 Å². The van der Waals surface area contributed by atoms with E-state index in [1.807, 2.05) is 34.1 Å². The number of ether oxygens (including phenoxy) is 1. The van der Waals surface area contributed by atoms with Gasteiger partial charge in [0.15, 0.2) is 0 Å². The summed E-state index contributed by atoms with van der Waals surface area (Å²) < 4.78 is 5.95. The van der Waals surface area contributed by atoms with Crippen molar-refractivity contribution in [3.63, 3.8) is 0 Å². The molecule has 4 heterocycles. The number of amides is 3. The molecule has 0 radical (unpaired) electrons. The van der Waals surface area contributed by atoms with E-state index in [0.29, 0.717) is 50.1 Å². The van der Waals surface area contributed by atoms with Crippen molar-refractivity contribution in [2.75, 3.05) is 59.5 Å². The van der Waals surface area contributed by atoms with Gasteiger partial charge in [0.1, 0.15) is 12.1 Å². The van der Waals surface area contributed by atoms with Gasteiger partial charge in [0, 0.05) is 74.9 Å². The Kier molecular flexibility index (Phi) is 10.6. The molecule has 3 amide bonds. The number of piperazine rings is 1. The number of likely N-dealkylation sites (tertiary alicyclic amines) is 2. The van der Waals surface area contributed by atoms with Gasteiger partial charge in [-0.15, -0.1) is 0 Å². The van der Waals surface area contributed by atoms with Gasteiger partial charge < -0.3 is 24.3 Å². The summed E-state index contributed by atoms with van der Waals surface area (Å²) in [5, 5.41) is 0.677. The van der Waals surface area contributed by atoms with E-state index in [1.165, 1.54) is 0 Å². The van der Waals surface area contributed by atoms with Crippen molar-refractivity contribution in [3.05, 3.63) is 34.9 Å². The van der Waals surface area contributed by atoms with E-state index < -0.39 is 12.1 Å². The Labute approximate surface area is 286 Å². The molecule has 1 aromatic carbocycles. The number of hydrogen-bond donors (Lipinski definition) is 0. The van der Waals surface area contributed by atoms with Gasteiger partial charge in [-0.3, -0.25) is 19.3 Å². The number of likely N-dealkylation sites (N-methyl/N-ethyl adjacent to an activating group) is 1. The van der Waals surface area contributed by atoms with Crippen LogP contribution in [0.2, 0.25) is 5.02 Å². The highest BCUT2D eigenvalue weighted by atomic mass is 35.5. The van der Waals surface area contributed by atoms with Crippen molar-refractivity contribution in [3.8, 4) is 0 Å². The maximum absolute atomic E-state index is 15.0. The number of hydrogen-bond acceptors (Lipinski definition) is 6. The molecule has 9 nitrogen and oxygen atoms in total. The van der Waals surface area contributed by atoms with Crippen LogP contribution in [-0.2, 0) is 19.1 Å². The third-order valence-electron chi connectivity index (χ3n) is 11.8. The van der Waals surface area contributed by atoms with Crippen LogP contribution >= 0.6 is 11.6 Å². The Balaban J connectivity index is 1.32. The number of carbonyl (C=O) groups is 3. The smallest absolute Gasteiger partial charge is 0.252 e. The third-order valence-corrected chi connectivity index (χ3v) is 12.0. The Morgan fingerprint density at radius 2 is 1.55 bits per heavy atom. The standard InChI is InChI=1S/C37H56ClN5O4/c1-25-8-14-28(15-9-25)43(36(46)33-7-6-20-47-33)29-21-32(35(45)40-18-16-39(5)17-19-40)42(22-29)34(44)31-24-41(37(2,3)4)23-30(31)26-10-12-27(38)13-11-26/h10-13,25,28-33H,6-9,14-24H2,1-5H3/t25?,28?,29-,30+,31-,32+,33+/m1/s1. The minimum Gasteiger partial charge on any atom is -0.368 e. The first-order valence-electron chi connectivity index (χ1n) is 18.1. The van der Waals surface area contributed by atoms with Crippen LogP contribution in [0.4, 0.5) is 0 Å². The largest absolute Gasteiger partial charge is 0.368 e. The van der Waals surface area contributed by atoms with Gasteiger partial charge in [0.05, 0.1) is 12.0 Å². The summed E-state index contributed by atoms with van der Waals surface area (Å²) in [5.41, 5.74) is 0.994. The molecule has 0 unspecified atom stereocenters. The van der Waals surface area contributed by atoms with Crippen molar-refractivity contribution in [1.29, 1.82) is 0 Å². The van der Waals surface area contributed by atoms with E-state index in [2.05, 4.69) is 49.4 Å². The third kappa shape index (κ3) is 7.53. The molecule has 0 N–H and O–H groups in total. The Morgan fingerprint density at radius 1 is 0.872 bits per heavy atom. The lowest BCUT2D eigenvalue weighted by molar-refractivity contribution is -0.148. The first-order chi connectivity index (χ1) is 22.4. The quantitative estimate of drug-likeness (QED) is 0.445. The second-order valence-corrected chi connectivity index (χ2v) is 16.5. The highest BCUT2D eigenvalue weighted by Gasteiger charge is 2.51. The molecule has 5 aliphatic rings. The molecule has 4 saturated heterocycles. The molecule has 0 bridgehead atoms. The molecule has 6 rings (SSSR count). The van der Waals surface area contributed by atoms with E-state index in [0.717, 1.165) is 63.7 Å². The molecule has 1 saturated carbocycles. The van der Waals surface area contributed by atoms with Crippen molar-refractivity contribution < 1.29 is 19.1 Å². The zero-order valence-electron chi connectivity index (χ0n) is 29.2. The first kappa shape index (κ1) is 34.7. The monoisotopic (exact) mass is 669 g/mol. The van der Waals surface area contributed by atoms with Gasteiger partial charge in [0.2, 0.25) is 11.8 Å². The SMILES string of the molecule is CC1CCC(N(C(=O)[C@@H]2CCCO2)[C@@H]2C[C@@H](C(=O)N3CCN(C)CC3)N(C(=O)[C@@H]3CN(C(C)(C)C)C[C@H]3c3ccc(Cl)cc3)C2)CC1. The number of benzene rings is 1. The molecule has 0 spiro atoms. The molecule has 47 heavy (non-hydrogen) atoms. The first-order valence-corrected chi connectivity index (χ1v) is 18.5. The normalized spacial score (nSPS) is 32.6. The molecule has 5 fully saturated rings. The second-order valence-electron chi connectivity index (χ2n) is 16.0. The highest BCUT2D eigenvalue weighted by molar-refractivity contribution is 6.30. The minimum atomic E-state index is -0.576. The molecule has 10 heteroatoms. The van der Waals surface area contributed by atoms with Crippen molar-refractivity contribution >= 4 is 29.3 Å². The lowest BCUT2D eigenvalue weighted by Gasteiger charge is -2.41. The maximum atomic E-state index is 15.0. The van der Waals surface area contributed by atoms with Crippen molar-refractivity contribution in [1.82, 2.24) is 24.5 Å². The summed E-state index contributed by atoms with van der Waals surface area (Å²) in [5.74, 6) is 0.470.